The maximum atomic E-state index is 13.2. The van der Waals surface area contributed by atoms with Crippen molar-refractivity contribution in [2.45, 2.75) is 353 Å². The normalized spacial score (nSPS) is 13.3. The lowest BCUT2D eigenvalue weighted by atomic mass is 10.0. The summed E-state index contributed by atoms with van der Waals surface area (Å²) in [4.78, 5) is 39.4. The van der Waals surface area contributed by atoms with E-state index in [1.807, 2.05) is 0 Å². The van der Waals surface area contributed by atoms with Crippen molar-refractivity contribution in [1.82, 2.24) is 0 Å². The molecular formula is C60H116O9. The van der Waals surface area contributed by atoms with E-state index in [0.29, 0.717) is 19.3 Å². The van der Waals surface area contributed by atoms with Crippen LogP contribution in [0.2, 0.25) is 0 Å². The molecule has 0 aromatic heterocycles. The van der Waals surface area contributed by atoms with Gasteiger partial charge < -0.3 is 29.5 Å². The van der Waals surface area contributed by atoms with Crippen LogP contribution in [-0.2, 0) is 28.6 Å². The Morgan fingerprint density at radius 1 is 0.333 bits per heavy atom. The van der Waals surface area contributed by atoms with Crippen LogP contribution in [0.15, 0.2) is 0 Å². The standard InChI is InChI=1S/C60H116O9/c1-4-7-10-13-16-19-22-25-28-31-34-37-40-43-46-49-56(63)67-53-55(68-57(64)50-47-44-41-38-35-32-29-26-23-20-17-14-11-8-5-2)60(59(66)54(62)52-61)69-58(65)51-48-45-42-39-36-33-30-27-24-21-18-15-12-9-6-3/h54-55,59-62,66H,4-53H2,1-3H3/t54-,55+,59-,60-/m1/s1. The topological polar surface area (TPSA) is 140 Å². The number of carbonyl (C=O) groups excluding carboxylic acids is 3. The fourth-order valence-corrected chi connectivity index (χ4v) is 9.50. The first-order valence-electron chi connectivity index (χ1n) is 30.3. The van der Waals surface area contributed by atoms with E-state index in [1.165, 1.54) is 212 Å². The summed E-state index contributed by atoms with van der Waals surface area (Å²) >= 11 is 0. The van der Waals surface area contributed by atoms with Crippen LogP contribution in [0.1, 0.15) is 329 Å². The zero-order valence-corrected chi connectivity index (χ0v) is 46.0. The fraction of sp³-hybridized carbons (Fsp3) is 0.950. The van der Waals surface area contributed by atoms with Gasteiger partial charge in [0.15, 0.2) is 12.2 Å². The molecule has 3 N–H and O–H groups in total. The first-order valence-corrected chi connectivity index (χ1v) is 30.3. The summed E-state index contributed by atoms with van der Waals surface area (Å²) in [6.45, 7) is 5.57. The number of ether oxygens (including phenoxy) is 3. The molecule has 0 aromatic rings. The highest BCUT2D eigenvalue weighted by molar-refractivity contribution is 5.71. The van der Waals surface area contributed by atoms with Crippen LogP contribution in [0, 0.1) is 0 Å². The largest absolute Gasteiger partial charge is 0.462 e. The Hall–Kier alpha value is -1.71. The second-order valence-corrected chi connectivity index (χ2v) is 21.0. The predicted octanol–water partition coefficient (Wildman–Crippen LogP) is 16.9. The molecule has 0 rings (SSSR count). The summed E-state index contributed by atoms with van der Waals surface area (Å²) in [6.07, 6.45) is 48.9. The van der Waals surface area contributed by atoms with Gasteiger partial charge >= 0.3 is 17.9 Å². The molecule has 0 fully saturated rings. The third-order valence-corrected chi connectivity index (χ3v) is 14.2. The van der Waals surface area contributed by atoms with Crippen molar-refractivity contribution in [3.05, 3.63) is 0 Å². The van der Waals surface area contributed by atoms with E-state index in [9.17, 15) is 29.7 Å². The Morgan fingerprint density at radius 2 is 0.565 bits per heavy atom. The Kier molecular flexibility index (Phi) is 52.7. The van der Waals surface area contributed by atoms with Gasteiger partial charge in [0.25, 0.3) is 0 Å². The average molecular weight is 982 g/mol. The van der Waals surface area contributed by atoms with E-state index in [-0.39, 0.29) is 19.3 Å². The zero-order valence-electron chi connectivity index (χ0n) is 46.0. The number of carbonyl (C=O) groups is 3. The van der Waals surface area contributed by atoms with Crippen LogP contribution in [0.25, 0.3) is 0 Å². The number of unbranched alkanes of at least 4 members (excludes halogenated alkanes) is 42. The lowest BCUT2D eigenvalue weighted by Crippen LogP contribution is -2.51. The molecule has 0 radical (unpaired) electrons. The minimum Gasteiger partial charge on any atom is -0.462 e. The Bertz CT molecular complexity index is 1080. The molecule has 0 aliphatic rings. The maximum Gasteiger partial charge on any atom is 0.306 e. The summed E-state index contributed by atoms with van der Waals surface area (Å²) in [5, 5.41) is 31.4. The van der Waals surface area contributed by atoms with Crippen molar-refractivity contribution >= 4 is 17.9 Å². The van der Waals surface area contributed by atoms with Gasteiger partial charge in [-0.05, 0) is 19.3 Å². The van der Waals surface area contributed by atoms with Crippen molar-refractivity contribution in [1.29, 1.82) is 0 Å². The van der Waals surface area contributed by atoms with Gasteiger partial charge in [0, 0.05) is 19.3 Å². The van der Waals surface area contributed by atoms with Gasteiger partial charge in [-0.1, -0.05) is 290 Å². The number of aliphatic hydroxyl groups is 3. The molecule has 0 amide bonds. The van der Waals surface area contributed by atoms with Gasteiger partial charge in [-0.2, -0.15) is 0 Å². The van der Waals surface area contributed by atoms with Crippen molar-refractivity contribution in [3.8, 4) is 0 Å². The smallest absolute Gasteiger partial charge is 0.306 e. The molecule has 0 aliphatic heterocycles. The van der Waals surface area contributed by atoms with Crippen LogP contribution >= 0.6 is 0 Å². The average Bonchev–Trinajstić information content (AvgIpc) is 3.35. The molecule has 0 heterocycles. The summed E-state index contributed by atoms with van der Waals surface area (Å²) in [7, 11) is 0. The van der Waals surface area contributed by atoms with E-state index in [2.05, 4.69) is 20.8 Å². The molecule has 0 aliphatic carbocycles. The molecule has 0 saturated carbocycles. The number of esters is 3. The van der Waals surface area contributed by atoms with E-state index in [4.69, 9.17) is 14.2 Å². The molecule has 4 atom stereocenters. The molecule has 69 heavy (non-hydrogen) atoms. The van der Waals surface area contributed by atoms with Gasteiger partial charge in [0.2, 0.25) is 0 Å². The Balaban J connectivity index is 4.94. The Morgan fingerprint density at radius 3 is 0.826 bits per heavy atom. The van der Waals surface area contributed by atoms with Crippen LogP contribution in [0.5, 0.6) is 0 Å². The lowest BCUT2D eigenvalue weighted by Gasteiger charge is -2.31. The number of rotatable bonds is 56. The monoisotopic (exact) mass is 981 g/mol. The van der Waals surface area contributed by atoms with Crippen LogP contribution in [0.4, 0.5) is 0 Å². The number of hydrogen-bond donors (Lipinski definition) is 3. The molecule has 0 aromatic carbocycles. The number of aliphatic hydroxyl groups excluding tert-OH is 3. The molecule has 0 bridgehead atoms. The highest BCUT2D eigenvalue weighted by atomic mass is 16.6. The first-order chi connectivity index (χ1) is 33.8. The second kappa shape index (κ2) is 54.1. The fourth-order valence-electron chi connectivity index (χ4n) is 9.50. The highest BCUT2D eigenvalue weighted by Gasteiger charge is 2.39. The van der Waals surface area contributed by atoms with Crippen LogP contribution in [-0.4, -0.2) is 70.9 Å². The maximum absolute atomic E-state index is 13.2. The van der Waals surface area contributed by atoms with Gasteiger partial charge in [0.05, 0.1) is 6.61 Å². The van der Waals surface area contributed by atoms with E-state index in [1.54, 1.807) is 0 Å². The van der Waals surface area contributed by atoms with Crippen LogP contribution < -0.4 is 0 Å². The van der Waals surface area contributed by atoms with E-state index < -0.39 is 55.5 Å². The van der Waals surface area contributed by atoms with Crippen molar-refractivity contribution in [2.75, 3.05) is 13.2 Å². The molecule has 0 saturated heterocycles. The Labute approximate surface area is 426 Å². The molecule has 0 spiro atoms. The van der Waals surface area contributed by atoms with Crippen molar-refractivity contribution in [2.24, 2.45) is 0 Å². The molecular weight excluding hydrogens is 865 g/mol. The third kappa shape index (κ3) is 47.1. The predicted molar refractivity (Wildman–Crippen MR) is 288 cm³/mol. The minimum atomic E-state index is -1.75. The van der Waals surface area contributed by atoms with E-state index >= 15 is 0 Å². The zero-order chi connectivity index (χ0) is 50.5. The second-order valence-electron chi connectivity index (χ2n) is 21.0. The van der Waals surface area contributed by atoms with E-state index in [0.717, 1.165) is 57.8 Å². The van der Waals surface area contributed by atoms with Gasteiger partial charge in [-0.15, -0.1) is 0 Å². The van der Waals surface area contributed by atoms with Gasteiger partial charge in [-0.25, -0.2) is 0 Å². The molecule has 0 unspecified atom stereocenters. The molecule has 9 heteroatoms. The summed E-state index contributed by atoms with van der Waals surface area (Å²) in [5.41, 5.74) is 0. The SMILES string of the molecule is CCCCCCCCCCCCCCCCCC(=O)OC[C@H](OC(=O)CCCCCCCCCCCCCCCCC)[C@@H](OC(=O)CCCCCCCCCCCCCCCCC)[C@H](O)[C@H](O)CO. The minimum absolute atomic E-state index is 0.107. The first kappa shape index (κ1) is 67.3. The third-order valence-electron chi connectivity index (χ3n) is 14.2. The van der Waals surface area contributed by atoms with Gasteiger partial charge in [-0.3, -0.25) is 14.4 Å². The highest BCUT2D eigenvalue weighted by Crippen LogP contribution is 2.21. The van der Waals surface area contributed by atoms with Crippen molar-refractivity contribution in [3.63, 3.8) is 0 Å². The quantitative estimate of drug-likeness (QED) is 0.0309. The lowest BCUT2D eigenvalue weighted by molar-refractivity contribution is -0.193. The van der Waals surface area contributed by atoms with Crippen LogP contribution in [0.3, 0.4) is 0 Å². The molecule has 9 nitrogen and oxygen atoms in total. The summed E-state index contributed by atoms with van der Waals surface area (Å²) in [6, 6.07) is 0. The summed E-state index contributed by atoms with van der Waals surface area (Å²) in [5.74, 6) is -1.58. The summed E-state index contributed by atoms with van der Waals surface area (Å²) < 4.78 is 17.2. The number of hydrogen-bond acceptors (Lipinski definition) is 9. The van der Waals surface area contributed by atoms with Gasteiger partial charge in [0.1, 0.15) is 18.8 Å². The van der Waals surface area contributed by atoms with Crippen molar-refractivity contribution < 1.29 is 43.9 Å². The molecule has 410 valence electrons.